The molecule has 0 aliphatic carbocycles. The first-order valence-electron chi connectivity index (χ1n) is 8.98. The van der Waals surface area contributed by atoms with Crippen molar-refractivity contribution in [1.82, 2.24) is 25.1 Å². The van der Waals surface area contributed by atoms with Crippen LogP contribution in [0.25, 0.3) is 0 Å². The third kappa shape index (κ3) is 5.15. The summed E-state index contributed by atoms with van der Waals surface area (Å²) >= 11 is 0. The lowest BCUT2D eigenvalue weighted by Gasteiger charge is -2.24. The van der Waals surface area contributed by atoms with Crippen LogP contribution in [0.15, 0.2) is 12.3 Å². The second-order valence-electron chi connectivity index (χ2n) is 7.83. The molecule has 0 unspecified atom stereocenters. The Morgan fingerprint density at radius 3 is 2.93 bits per heavy atom. The summed E-state index contributed by atoms with van der Waals surface area (Å²) in [6, 6.07) is 1.81. The van der Waals surface area contributed by atoms with Gasteiger partial charge >= 0.3 is 6.09 Å². The van der Waals surface area contributed by atoms with Crippen LogP contribution >= 0.6 is 0 Å². The summed E-state index contributed by atoms with van der Waals surface area (Å²) in [6.45, 7) is 8.52. The van der Waals surface area contributed by atoms with Crippen LogP contribution in [-0.2, 0) is 11.2 Å². The van der Waals surface area contributed by atoms with Gasteiger partial charge in [-0.05, 0) is 46.5 Å². The van der Waals surface area contributed by atoms with E-state index in [2.05, 4.69) is 25.5 Å². The first-order chi connectivity index (χ1) is 12.7. The summed E-state index contributed by atoms with van der Waals surface area (Å²) in [6.07, 6.45) is 2.04. The van der Waals surface area contributed by atoms with Gasteiger partial charge in [0.05, 0.1) is 11.9 Å². The normalized spacial score (nSPS) is 17.2. The minimum atomic E-state index is -0.529. The van der Waals surface area contributed by atoms with E-state index in [-0.39, 0.29) is 12.0 Å². The van der Waals surface area contributed by atoms with E-state index in [0.29, 0.717) is 37.0 Å². The quantitative estimate of drug-likeness (QED) is 0.851. The van der Waals surface area contributed by atoms with Crippen LogP contribution in [-0.4, -0.2) is 49.8 Å². The number of aromatic amines is 1. The lowest BCUT2D eigenvalue weighted by Crippen LogP contribution is -2.35. The molecule has 1 aliphatic rings. The second kappa shape index (κ2) is 7.50. The number of hydrogen-bond donors (Lipinski definition) is 2. The maximum absolute atomic E-state index is 14.2. The van der Waals surface area contributed by atoms with Gasteiger partial charge in [-0.2, -0.15) is 5.10 Å². The van der Waals surface area contributed by atoms with E-state index in [4.69, 9.17) is 4.74 Å². The van der Waals surface area contributed by atoms with Gasteiger partial charge in [0.25, 0.3) is 0 Å². The highest BCUT2D eigenvalue weighted by atomic mass is 19.1. The Morgan fingerprint density at radius 2 is 2.26 bits per heavy atom. The van der Waals surface area contributed by atoms with Crippen LogP contribution in [0, 0.1) is 18.7 Å². The maximum Gasteiger partial charge on any atom is 0.410 e. The number of carbonyl (C=O) groups is 1. The highest BCUT2D eigenvalue weighted by molar-refractivity contribution is 5.68. The van der Waals surface area contributed by atoms with Crippen molar-refractivity contribution in [2.45, 2.75) is 46.1 Å². The molecule has 2 aromatic heterocycles. The van der Waals surface area contributed by atoms with Crippen LogP contribution < -0.4 is 5.32 Å². The van der Waals surface area contributed by atoms with Crippen molar-refractivity contribution in [3.05, 3.63) is 29.5 Å². The summed E-state index contributed by atoms with van der Waals surface area (Å²) in [5.41, 5.74) is 0.697. The standard InChI is InChI=1S/C18H25FN6O2/c1-11-7-15(24-23-11)22-16-20-9-13(19)14(21-16)8-12-5-6-25(10-12)17(26)27-18(2,3)4/h7,9,12H,5-6,8,10H2,1-4H3,(H2,20,21,22,23,24)/t12-/m0/s1. The van der Waals surface area contributed by atoms with E-state index >= 15 is 0 Å². The number of rotatable bonds is 4. The third-order valence-corrected chi connectivity index (χ3v) is 4.18. The van der Waals surface area contributed by atoms with Gasteiger partial charge in [-0.3, -0.25) is 5.10 Å². The number of aryl methyl sites for hydroxylation is 1. The summed E-state index contributed by atoms with van der Waals surface area (Å²) in [4.78, 5) is 22.1. The zero-order chi connectivity index (χ0) is 19.6. The summed E-state index contributed by atoms with van der Waals surface area (Å²) in [5.74, 6) is 0.541. The first kappa shape index (κ1) is 19.1. The Labute approximate surface area is 157 Å². The molecular formula is C18H25FN6O2. The molecule has 2 N–H and O–H groups in total. The Balaban J connectivity index is 1.62. The van der Waals surface area contributed by atoms with E-state index < -0.39 is 11.4 Å². The van der Waals surface area contributed by atoms with E-state index in [1.165, 1.54) is 0 Å². The largest absolute Gasteiger partial charge is 0.444 e. The van der Waals surface area contributed by atoms with Crippen molar-refractivity contribution in [3.63, 3.8) is 0 Å². The minimum absolute atomic E-state index is 0.127. The first-order valence-corrected chi connectivity index (χ1v) is 8.98. The van der Waals surface area contributed by atoms with E-state index in [0.717, 1.165) is 18.3 Å². The number of hydrogen-bond acceptors (Lipinski definition) is 6. The Bertz CT molecular complexity index is 816. The fourth-order valence-corrected chi connectivity index (χ4v) is 2.97. The topological polar surface area (TPSA) is 96.0 Å². The van der Waals surface area contributed by atoms with E-state index in [9.17, 15) is 9.18 Å². The number of anilines is 2. The Kier molecular flexibility index (Phi) is 5.29. The molecule has 0 aromatic carbocycles. The fourth-order valence-electron chi connectivity index (χ4n) is 2.97. The molecule has 146 valence electrons. The molecule has 1 aliphatic heterocycles. The summed E-state index contributed by atoms with van der Waals surface area (Å²) in [5, 5.41) is 9.82. The highest BCUT2D eigenvalue weighted by Crippen LogP contribution is 2.24. The van der Waals surface area contributed by atoms with Crippen molar-refractivity contribution in [2.75, 3.05) is 18.4 Å². The van der Waals surface area contributed by atoms with Crippen LogP contribution in [0.3, 0.4) is 0 Å². The molecule has 1 saturated heterocycles. The molecule has 1 amide bonds. The SMILES string of the molecule is Cc1cc(Nc2ncc(F)c(C[C@@H]3CCN(C(=O)OC(C)(C)C)C3)n2)n[nH]1. The van der Waals surface area contributed by atoms with Gasteiger partial charge < -0.3 is 15.0 Å². The number of H-pyrrole nitrogens is 1. The second-order valence-corrected chi connectivity index (χ2v) is 7.83. The molecule has 0 bridgehead atoms. The number of nitrogens with zero attached hydrogens (tertiary/aromatic N) is 4. The monoisotopic (exact) mass is 376 g/mol. The number of halogens is 1. The predicted molar refractivity (Wildman–Crippen MR) is 98.2 cm³/mol. The molecule has 3 heterocycles. The summed E-state index contributed by atoms with van der Waals surface area (Å²) in [7, 11) is 0. The van der Waals surface area contributed by atoms with Crippen molar-refractivity contribution in [2.24, 2.45) is 5.92 Å². The fraction of sp³-hybridized carbons (Fsp3) is 0.556. The number of aromatic nitrogens is 4. The average molecular weight is 376 g/mol. The van der Waals surface area contributed by atoms with Crippen molar-refractivity contribution < 1.29 is 13.9 Å². The number of ether oxygens (including phenoxy) is 1. The molecule has 1 fully saturated rings. The van der Waals surface area contributed by atoms with Crippen LogP contribution in [0.2, 0.25) is 0 Å². The number of amides is 1. The zero-order valence-corrected chi connectivity index (χ0v) is 16.0. The smallest absolute Gasteiger partial charge is 0.410 e. The van der Waals surface area contributed by atoms with Crippen molar-refractivity contribution in [3.8, 4) is 0 Å². The average Bonchev–Trinajstić information content (AvgIpc) is 3.18. The van der Waals surface area contributed by atoms with Gasteiger partial charge in [-0.25, -0.2) is 19.2 Å². The number of carbonyl (C=O) groups excluding carboxylic acids is 1. The van der Waals surface area contributed by atoms with Gasteiger partial charge in [0.1, 0.15) is 5.60 Å². The molecule has 1 atom stereocenters. The van der Waals surface area contributed by atoms with Gasteiger partial charge in [-0.15, -0.1) is 0 Å². The lowest BCUT2D eigenvalue weighted by atomic mass is 10.0. The van der Waals surface area contributed by atoms with Crippen LogP contribution in [0.4, 0.5) is 21.0 Å². The Hall–Kier alpha value is -2.71. The van der Waals surface area contributed by atoms with Crippen molar-refractivity contribution in [1.29, 1.82) is 0 Å². The van der Waals surface area contributed by atoms with Gasteiger partial charge in [0, 0.05) is 24.8 Å². The third-order valence-electron chi connectivity index (χ3n) is 4.18. The predicted octanol–water partition coefficient (Wildman–Crippen LogP) is 3.19. The molecule has 27 heavy (non-hydrogen) atoms. The van der Waals surface area contributed by atoms with Gasteiger partial charge in [-0.1, -0.05) is 0 Å². The van der Waals surface area contributed by atoms with E-state index in [1.54, 1.807) is 4.90 Å². The van der Waals surface area contributed by atoms with Crippen LogP contribution in [0.1, 0.15) is 38.6 Å². The highest BCUT2D eigenvalue weighted by Gasteiger charge is 2.30. The lowest BCUT2D eigenvalue weighted by molar-refractivity contribution is 0.0288. The number of nitrogens with one attached hydrogen (secondary N) is 2. The molecule has 0 saturated carbocycles. The Morgan fingerprint density at radius 1 is 1.48 bits per heavy atom. The summed E-state index contributed by atoms with van der Waals surface area (Å²) < 4.78 is 19.6. The molecule has 9 heteroatoms. The van der Waals surface area contributed by atoms with Crippen molar-refractivity contribution >= 4 is 17.9 Å². The van der Waals surface area contributed by atoms with Gasteiger partial charge in [0.15, 0.2) is 11.6 Å². The molecule has 8 nitrogen and oxygen atoms in total. The molecule has 3 rings (SSSR count). The maximum atomic E-state index is 14.2. The van der Waals surface area contributed by atoms with Gasteiger partial charge in [0.2, 0.25) is 5.95 Å². The molecular weight excluding hydrogens is 351 g/mol. The number of likely N-dealkylation sites (tertiary alicyclic amines) is 1. The minimum Gasteiger partial charge on any atom is -0.444 e. The van der Waals surface area contributed by atoms with E-state index in [1.807, 2.05) is 33.8 Å². The zero-order valence-electron chi connectivity index (χ0n) is 16.0. The van der Waals surface area contributed by atoms with Crippen LogP contribution in [0.5, 0.6) is 0 Å². The molecule has 2 aromatic rings. The molecule has 0 spiro atoms. The molecule has 0 radical (unpaired) electrons.